The van der Waals surface area contributed by atoms with Crippen LogP contribution in [0.15, 0.2) is 54.6 Å². The van der Waals surface area contributed by atoms with Gasteiger partial charge in [0.1, 0.15) is 17.5 Å². The SMILES string of the molecule is COc1ccc(OCC(=O)NN[C@H]2CC(=O)N(c3ccccc3)C2=O)cc1. The summed E-state index contributed by atoms with van der Waals surface area (Å²) in [5, 5.41) is 0. The summed E-state index contributed by atoms with van der Waals surface area (Å²) < 4.78 is 10.4. The van der Waals surface area contributed by atoms with Crippen molar-refractivity contribution in [3.8, 4) is 11.5 Å². The molecule has 2 N–H and O–H groups in total. The maximum Gasteiger partial charge on any atom is 0.272 e. The largest absolute Gasteiger partial charge is 0.497 e. The molecule has 0 bridgehead atoms. The molecule has 1 atom stereocenters. The topological polar surface area (TPSA) is 97.0 Å². The van der Waals surface area contributed by atoms with Crippen molar-refractivity contribution in [2.24, 2.45) is 0 Å². The molecular formula is C19H19N3O5. The third kappa shape index (κ3) is 4.42. The van der Waals surface area contributed by atoms with E-state index < -0.39 is 17.9 Å². The molecule has 27 heavy (non-hydrogen) atoms. The Hall–Kier alpha value is -3.39. The van der Waals surface area contributed by atoms with Crippen molar-refractivity contribution in [1.29, 1.82) is 0 Å². The number of hydrogen-bond donors (Lipinski definition) is 2. The van der Waals surface area contributed by atoms with Gasteiger partial charge in [0.25, 0.3) is 11.8 Å². The fourth-order valence-electron chi connectivity index (χ4n) is 2.62. The van der Waals surface area contributed by atoms with Crippen LogP contribution in [0, 0.1) is 0 Å². The highest BCUT2D eigenvalue weighted by Gasteiger charge is 2.39. The molecule has 0 aliphatic carbocycles. The van der Waals surface area contributed by atoms with E-state index in [0.717, 1.165) is 4.90 Å². The lowest BCUT2D eigenvalue weighted by molar-refractivity contribution is -0.125. The number of nitrogens with one attached hydrogen (secondary N) is 2. The highest BCUT2D eigenvalue weighted by atomic mass is 16.5. The second-order valence-electron chi connectivity index (χ2n) is 5.82. The van der Waals surface area contributed by atoms with E-state index in [1.807, 2.05) is 0 Å². The number of benzene rings is 2. The van der Waals surface area contributed by atoms with Crippen LogP contribution < -0.4 is 25.2 Å². The van der Waals surface area contributed by atoms with Crippen LogP contribution in [0.25, 0.3) is 0 Å². The average Bonchev–Trinajstić information content (AvgIpc) is 2.99. The molecule has 2 aromatic rings. The molecule has 0 aromatic heterocycles. The predicted molar refractivity (Wildman–Crippen MR) is 97.1 cm³/mol. The fraction of sp³-hybridized carbons (Fsp3) is 0.211. The molecule has 1 aliphatic heterocycles. The number of rotatable bonds is 7. The number of carbonyl (C=O) groups is 3. The highest BCUT2D eigenvalue weighted by Crippen LogP contribution is 2.22. The zero-order valence-electron chi connectivity index (χ0n) is 14.7. The first-order chi connectivity index (χ1) is 13.1. The highest BCUT2D eigenvalue weighted by molar-refractivity contribution is 6.22. The van der Waals surface area contributed by atoms with Crippen LogP contribution in [0.4, 0.5) is 5.69 Å². The van der Waals surface area contributed by atoms with Crippen molar-refractivity contribution in [2.45, 2.75) is 12.5 Å². The Morgan fingerprint density at radius 2 is 1.74 bits per heavy atom. The first-order valence-corrected chi connectivity index (χ1v) is 8.31. The zero-order chi connectivity index (χ0) is 19.2. The van der Waals surface area contributed by atoms with Gasteiger partial charge in [-0.2, -0.15) is 0 Å². The molecule has 0 unspecified atom stereocenters. The molecule has 2 aromatic carbocycles. The maximum atomic E-state index is 12.4. The summed E-state index contributed by atoms with van der Waals surface area (Å²) in [6, 6.07) is 14.6. The Bertz CT molecular complexity index is 823. The summed E-state index contributed by atoms with van der Waals surface area (Å²) in [6.45, 7) is -0.239. The molecule has 3 amide bonds. The van der Waals surface area contributed by atoms with Crippen LogP contribution in [0.1, 0.15) is 6.42 Å². The van der Waals surface area contributed by atoms with Gasteiger partial charge >= 0.3 is 0 Å². The van der Waals surface area contributed by atoms with Crippen molar-refractivity contribution in [3.05, 3.63) is 54.6 Å². The van der Waals surface area contributed by atoms with Crippen LogP contribution >= 0.6 is 0 Å². The number of carbonyl (C=O) groups excluding carboxylic acids is 3. The van der Waals surface area contributed by atoms with E-state index in [9.17, 15) is 14.4 Å². The second kappa shape index (κ2) is 8.33. The first kappa shape index (κ1) is 18.4. The Morgan fingerprint density at radius 1 is 1.07 bits per heavy atom. The molecule has 8 heteroatoms. The normalized spacial score (nSPS) is 16.3. The van der Waals surface area contributed by atoms with E-state index in [1.54, 1.807) is 61.7 Å². The van der Waals surface area contributed by atoms with E-state index in [-0.39, 0.29) is 18.9 Å². The zero-order valence-corrected chi connectivity index (χ0v) is 14.7. The van der Waals surface area contributed by atoms with Gasteiger partial charge in [-0.15, -0.1) is 0 Å². The van der Waals surface area contributed by atoms with Gasteiger partial charge in [0, 0.05) is 0 Å². The Kier molecular flexibility index (Phi) is 5.68. The van der Waals surface area contributed by atoms with Gasteiger partial charge in [0.2, 0.25) is 5.91 Å². The van der Waals surface area contributed by atoms with Gasteiger partial charge in [-0.3, -0.25) is 19.8 Å². The summed E-state index contributed by atoms with van der Waals surface area (Å²) in [5.41, 5.74) is 5.51. The molecule has 1 saturated heterocycles. The standard InChI is InChI=1S/C19H19N3O5/c1-26-14-7-9-15(10-8-14)27-12-17(23)21-20-16-11-18(24)22(19(16)25)13-5-3-2-4-6-13/h2-10,16,20H,11-12H2,1H3,(H,21,23)/t16-/m0/s1. The number of hydrogen-bond acceptors (Lipinski definition) is 6. The minimum absolute atomic E-state index is 0.0344. The van der Waals surface area contributed by atoms with Gasteiger partial charge in [-0.25, -0.2) is 10.3 Å². The van der Waals surface area contributed by atoms with E-state index >= 15 is 0 Å². The summed E-state index contributed by atoms with van der Waals surface area (Å²) in [5.74, 6) is -0.0200. The van der Waals surface area contributed by atoms with Gasteiger partial charge in [0.15, 0.2) is 6.61 Å². The molecule has 0 radical (unpaired) electrons. The lowest BCUT2D eigenvalue weighted by Crippen LogP contribution is -2.49. The number of nitrogens with zero attached hydrogens (tertiary/aromatic N) is 1. The molecule has 8 nitrogen and oxygen atoms in total. The van der Waals surface area contributed by atoms with Crippen molar-refractivity contribution >= 4 is 23.4 Å². The number of imide groups is 1. The maximum absolute atomic E-state index is 12.4. The number of anilines is 1. The van der Waals surface area contributed by atoms with Gasteiger partial charge in [-0.05, 0) is 36.4 Å². The molecule has 1 aliphatic rings. The molecular weight excluding hydrogens is 350 g/mol. The van der Waals surface area contributed by atoms with Crippen molar-refractivity contribution in [3.63, 3.8) is 0 Å². The van der Waals surface area contributed by atoms with E-state index in [2.05, 4.69) is 10.9 Å². The smallest absolute Gasteiger partial charge is 0.272 e. The summed E-state index contributed by atoms with van der Waals surface area (Å²) in [7, 11) is 1.56. The Labute approximate surface area is 156 Å². The summed E-state index contributed by atoms with van der Waals surface area (Å²) >= 11 is 0. The Balaban J connectivity index is 1.48. The fourth-order valence-corrected chi connectivity index (χ4v) is 2.62. The van der Waals surface area contributed by atoms with Crippen molar-refractivity contribution in [1.82, 2.24) is 10.9 Å². The van der Waals surface area contributed by atoms with Crippen LogP contribution in [-0.4, -0.2) is 37.5 Å². The number of ether oxygens (including phenoxy) is 2. The Morgan fingerprint density at radius 3 is 2.41 bits per heavy atom. The van der Waals surface area contributed by atoms with Gasteiger partial charge < -0.3 is 9.47 Å². The lowest BCUT2D eigenvalue weighted by atomic mass is 10.2. The van der Waals surface area contributed by atoms with E-state index in [0.29, 0.717) is 17.2 Å². The quantitative estimate of drug-likeness (QED) is 0.559. The second-order valence-corrected chi connectivity index (χ2v) is 5.82. The monoisotopic (exact) mass is 369 g/mol. The average molecular weight is 369 g/mol. The van der Waals surface area contributed by atoms with Gasteiger partial charge in [0.05, 0.1) is 19.2 Å². The van der Waals surface area contributed by atoms with Crippen LogP contribution in [0.5, 0.6) is 11.5 Å². The number of para-hydroxylation sites is 1. The van der Waals surface area contributed by atoms with Crippen molar-refractivity contribution < 1.29 is 23.9 Å². The minimum Gasteiger partial charge on any atom is -0.497 e. The molecule has 3 rings (SSSR count). The molecule has 1 heterocycles. The van der Waals surface area contributed by atoms with Crippen LogP contribution in [-0.2, 0) is 14.4 Å². The summed E-state index contributed by atoms with van der Waals surface area (Å²) in [6.07, 6.45) is -0.0344. The number of methoxy groups -OCH3 is 1. The van der Waals surface area contributed by atoms with E-state index in [4.69, 9.17) is 9.47 Å². The van der Waals surface area contributed by atoms with Crippen LogP contribution in [0.2, 0.25) is 0 Å². The van der Waals surface area contributed by atoms with Gasteiger partial charge in [-0.1, -0.05) is 18.2 Å². The third-order valence-corrected chi connectivity index (χ3v) is 3.98. The van der Waals surface area contributed by atoms with Crippen molar-refractivity contribution in [2.75, 3.05) is 18.6 Å². The molecule has 0 spiro atoms. The van der Waals surface area contributed by atoms with E-state index in [1.165, 1.54) is 0 Å². The molecule has 0 saturated carbocycles. The number of amides is 3. The third-order valence-electron chi connectivity index (χ3n) is 3.98. The molecule has 1 fully saturated rings. The lowest BCUT2D eigenvalue weighted by Gasteiger charge is -2.16. The predicted octanol–water partition coefficient (Wildman–Crippen LogP) is 1.03. The number of hydrazine groups is 1. The minimum atomic E-state index is -0.817. The summed E-state index contributed by atoms with van der Waals surface area (Å²) in [4.78, 5) is 37.5. The first-order valence-electron chi connectivity index (χ1n) is 8.31. The van der Waals surface area contributed by atoms with Crippen LogP contribution in [0.3, 0.4) is 0 Å². The molecule has 140 valence electrons.